The van der Waals surface area contributed by atoms with E-state index in [2.05, 4.69) is 0 Å². The fourth-order valence-corrected chi connectivity index (χ4v) is 3.09. The molecule has 0 aromatic carbocycles. The van der Waals surface area contributed by atoms with Crippen molar-refractivity contribution < 1.29 is 13.2 Å². The molecule has 1 aliphatic rings. The highest BCUT2D eigenvalue weighted by molar-refractivity contribution is 7.89. The zero-order chi connectivity index (χ0) is 11.3. The Balaban J connectivity index is 0.00000225. The Kier molecular flexibility index (Phi) is 7.50. The maximum atomic E-state index is 11.8. The third-order valence-corrected chi connectivity index (χ3v) is 4.47. The molecule has 16 heavy (non-hydrogen) atoms. The van der Waals surface area contributed by atoms with Gasteiger partial charge in [-0.2, -0.15) is 0 Å². The minimum atomic E-state index is -3.12. The summed E-state index contributed by atoms with van der Waals surface area (Å²) in [6.07, 6.45) is 0.879. The van der Waals surface area contributed by atoms with Gasteiger partial charge in [0.15, 0.2) is 0 Å². The predicted octanol–water partition coefficient (Wildman–Crippen LogP) is 0.0551. The first-order valence-corrected chi connectivity index (χ1v) is 6.96. The van der Waals surface area contributed by atoms with Crippen LogP contribution in [0.2, 0.25) is 0 Å². The van der Waals surface area contributed by atoms with E-state index in [-0.39, 0.29) is 24.8 Å². The van der Waals surface area contributed by atoms with E-state index < -0.39 is 10.0 Å². The molecule has 5 nitrogen and oxygen atoms in total. The number of halogens is 1. The lowest BCUT2D eigenvalue weighted by molar-refractivity contribution is 0.162. The number of hydrogen-bond acceptors (Lipinski definition) is 4. The Labute approximate surface area is 104 Å². The molecule has 1 fully saturated rings. The summed E-state index contributed by atoms with van der Waals surface area (Å²) in [4.78, 5) is 0. The van der Waals surface area contributed by atoms with Crippen LogP contribution in [0.5, 0.6) is 0 Å². The highest BCUT2D eigenvalue weighted by atomic mass is 35.5. The predicted molar refractivity (Wildman–Crippen MR) is 66.3 cm³/mol. The van der Waals surface area contributed by atoms with E-state index in [1.807, 2.05) is 6.92 Å². The van der Waals surface area contributed by atoms with Crippen molar-refractivity contribution in [2.45, 2.75) is 13.3 Å². The SMILES string of the molecule is CCOCCS(=O)(=O)N1CCC(CN)C1.Cl. The van der Waals surface area contributed by atoms with Crippen molar-refractivity contribution in [1.82, 2.24) is 4.31 Å². The van der Waals surface area contributed by atoms with Crippen LogP contribution >= 0.6 is 12.4 Å². The van der Waals surface area contributed by atoms with Crippen LogP contribution in [0.25, 0.3) is 0 Å². The second kappa shape index (κ2) is 7.45. The molecular formula is C9H21ClN2O3S. The van der Waals surface area contributed by atoms with E-state index in [0.717, 1.165) is 6.42 Å². The molecule has 0 spiro atoms. The number of sulfonamides is 1. The molecule has 0 saturated carbocycles. The molecule has 0 amide bonds. The lowest BCUT2D eigenvalue weighted by Crippen LogP contribution is -2.33. The second-order valence-corrected chi connectivity index (χ2v) is 5.85. The molecule has 0 aromatic rings. The largest absolute Gasteiger partial charge is 0.381 e. The molecule has 1 saturated heterocycles. The molecule has 98 valence electrons. The Morgan fingerprint density at radius 3 is 2.69 bits per heavy atom. The van der Waals surface area contributed by atoms with Gasteiger partial charge in [-0.15, -0.1) is 12.4 Å². The summed E-state index contributed by atoms with van der Waals surface area (Å²) in [6, 6.07) is 0. The molecule has 1 unspecified atom stereocenters. The van der Waals surface area contributed by atoms with Crippen LogP contribution in [0.4, 0.5) is 0 Å². The molecular weight excluding hydrogens is 252 g/mol. The lowest BCUT2D eigenvalue weighted by atomic mass is 10.1. The van der Waals surface area contributed by atoms with E-state index in [1.165, 1.54) is 4.31 Å². The van der Waals surface area contributed by atoms with Gasteiger partial charge in [-0.05, 0) is 25.8 Å². The van der Waals surface area contributed by atoms with Gasteiger partial charge < -0.3 is 10.5 Å². The molecule has 1 aliphatic heterocycles. The summed E-state index contributed by atoms with van der Waals surface area (Å²) in [5, 5.41) is 0. The number of hydrogen-bond donors (Lipinski definition) is 1. The van der Waals surface area contributed by atoms with Crippen LogP contribution in [-0.4, -0.2) is 51.3 Å². The quantitative estimate of drug-likeness (QED) is 0.694. The topological polar surface area (TPSA) is 72.6 Å². The molecule has 1 atom stereocenters. The Morgan fingerprint density at radius 1 is 1.50 bits per heavy atom. The standard InChI is InChI=1S/C9H20N2O3S.ClH/c1-2-14-5-6-15(12,13)11-4-3-9(7-10)8-11;/h9H,2-8,10H2,1H3;1H. The average molecular weight is 273 g/mol. The third kappa shape index (κ3) is 4.55. The van der Waals surface area contributed by atoms with Crippen molar-refractivity contribution in [3.63, 3.8) is 0 Å². The van der Waals surface area contributed by atoms with Gasteiger partial charge >= 0.3 is 0 Å². The summed E-state index contributed by atoms with van der Waals surface area (Å²) < 4.78 is 30.1. The van der Waals surface area contributed by atoms with Crippen LogP contribution in [0.15, 0.2) is 0 Å². The van der Waals surface area contributed by atoms with Crippen LogP contribution < -0.4 is 5.73 Å². The number of nitrogens with two attached hydrogens (primary N) is 1. The van der Waals surface area contributed by atoms with Crippen LogP contribution in [0, 0.1) is 5.92 Å². The van der Waals surface area contributed by atoms with Gasteiger partial charge in [-0.25, -0.2) is 12.7 Å². The maximum absolute atomic E-state index is 11.8. The van der Waals surface area contributed by atoms with Crippen molar-refractivity contribution in [1.29, 1.82) is 0 Å². The molecule has 0 aliphatic carbocycles. The van der Waals surface area contributed by atoms with Gasteiger partial charge in [-0.1, -0.05) is 0 Å². The average Bonchev–Trinajstić information content (AvgIpc) is 2.66. The van der Waals surface area contributed by atoms with E-state index in [1.54, 1.807) is 0 Å². The minimum Gasteiger partial charge on any atom is -0.381 e. The highest BCUT2D eigenvalue weighted by Crippen LogP contribution is 2.18. The van der Waals surface area contributed by atoms with Crippen molar-refractivity contribution >= 4 is 22.4 Å². The summed E-state index contributed by atoms with van der Waals surface area (Å²) in [5.41, 5.74) is 5.51. The van der Waals surface area contributed by atoms with Crippen LogP contribution in [-0.2, 0) is 14.8 Å². The van der Waals surface area contributed by atoms with E-state index in [4.69, 9.17) is 10.5 Å². The fourth-order valence-electron chi connectivity index (χ4n) is 1.68. The first-order chi connectivity index (χ1) is 7.10. The fraction of sp³-hybridized carbons (Fsp3) is 1.00. The Morgan fingerprint density at radius 2 is 2.19 bits per heavy atom. The second-order valence-electron chi connectivity index (χ2n) is 3.76. The van der Waals surface area contributed by atoms with Gasteiger partial charge in [0.05, 0.1) is 12.4 Å². The van der Waals surface area contributed by atoms with Crippen LogP contribution in [0.1, 0.15) is 13.3 Å². The zero-order valence-electron chi connectivity index (χ0n) is 9.59. The van der Waals surface area contributed by atoms with Crippen molar-refractivity contribution in [3.05, 3.63) is 0 Å². The Hall–Kier alpha value is 0.120. The Bertz CT molecular complexity index is 284. The van der Waals surface area contributed by atoms with Gasteiger partial charge in [-0.3, -0.25) is 0 Å². The van der Waals surface area contributed by atoms with Gasteiger partial charge in [0, 0.05) is 19.7 Å². The molecule has 7 heteroatoms. The van der Waals surface area contributed by atoms with Crippen molar-refractivity contribution in [2.24, 2.45) is 11.7 Å². The summed E-state index contributed by atoms with van der Waals surface area (Å²) in [5.74, 6) is 0.407. The summed E-state index contributed by atoms with van der Waals surface area (Å²) >= 11 is 0. The lowest BCUT2D eigenvalue weighted by Gasteiger charge is -2.16. The molecule has 0 aromatic heterocycles. The normalized spacial score (nSPS) is 22.0. The highest BCUT2D eigenvalue weighted by Gasteiger charge is 2.30. The number of ether oxygens (including phenoxy) is 1. The van der Waals surface area contributed by atoms with E-state index >= 15 is 0 Å². The number of rotatable bonds is 6. The zero-order valence-corrected chi connectivity index (χ0v) is 11.2. The molecule has 1 rings (SSSR count). The van der Waals surface area contributed by atoms with Gasteiger partial charge in [0.25, 0.3) is 0 Å². The molecule has 0 bridgehead atoms. The van der Waals surface area contributed by atoms with Crippen LogP contribution in [0.3, 0.4) is 0 Å². The first kappa shape index (κ1) is 16.1. The molecule has 2 N–H and O–H groups in total. The first-order valence-electron chi connectivity index (χ1n) is 5.35. The third-order valence-electron chi connectivity index (χ3n) is 2.67. The van der Waals surface area contributed by atoms with Gasteiger partial charge in [0.2, 0.25) is 10.0 Å². The smallest absolute Gasteiger partial charge is 0.216 e. The minimum absolute atomic E-state index is 0. The monoisotopic (exact) mass is 272 g/mol. The molecule has 0 radical (unpaired) electrons. The van der Waals surface area contributed by atoms with Crippen molar-refractivity contribution in [3.8, 4) is 0 Å². The number of nitrogens with zero attached hydrogens (tertiary/aromatic N) is 1. The van der Waals surface area contributed by atoms with E-state index in [9.17, 15) is 8.42 Å². The summed E-state index contributed by atoms with van der Waals surface area (Å²) in [7, 11) is -3.12. The summed E-state index contributed by atoms with van der Waals surface area (Å²) in [6.45, 7) is 4.44. The molecule has 1 heterocycles. The van der Waals surface area contributed by atoms with E-state index in [0.29, 0.717) is 32.2 Å². The van der Waals surface area contributed by atoms with Gasteiger partial charge in [0.1, 0.15) is 0 Å². The van der Waals surface area contributed by atoms with Crippen molar-refractivity contribution in [2.75, 3.05) is 38.6 Å². The maximum Gasteiger partial charge on any atom is 0.216 e.